The maximum atomic E-state index is 13.1. The van der Waals surface area contributed by atoms with Gasteiger partial charge in [-0.3, -0.25) is 14.5 Å². The number of aliphatic hydroxyl groups excluding tert-OH is 1. The molecule has 7 heteroatoms. The summed E-state index contributed by atoms with van der Waals surface area (Å²) in [5, 5.41) is 23.5. The third-order valence-electron chi connectivity index (χ3n) is 5.40. The minimum Gasteiger partial charge on any atom is -0.507 e. The summed E-state index contributed by atoms with van der Waals surface area (Å²) in [6.45, 7) is 3.64. The van der Waals surface area contributed by atoms with Gasteiger partial charge >= 0.3 is 0 Å². The number of methoxy groups -OCH3 is 1. The maximum absolute atomic E-state index is 13.1. The Kier molecular flexibility index (Phi) is 5.29. The standard InChI is InChI=1S/C24H21NO5S/c1-13-12-18(30-3)14(2)11-15(13)22(27)20-21(19-9-6-10-31-19)25(24(29)23(20)28)16-7-4-5-8-17(16)26/h4-12,21,26-27H,1-3H3/b22-20-. The lowest BCUT2D eigenvalue weighted by atomic mass is 9.95. The van der Waals surface area contributed by atoms with Crippen LogP contribution in [-0.4, -0.2) is 29.0 Å². The molecule has 1 aliphatic rings. The van der Waals surface area contributed by atoms with E-state index in [9.17, 15) is 19.8 Å². The molecule has 1 unspecified atom stereocenters. The Bertz CT molecular complexity index is 1210. The van der Waals surface area contributed by atoms with Crippen LogP contribution in [0, 0.1) is 13.8 Å². The quantitative estimate of drug-likeness (QED) is 0.352. The molecule has 4 rings (SSSR count). The normalized spacial score (nSPS) is 17.9. The van der Waals surface area contributed by atoms with Crippen molar-refractivity contribution in [3.05, 3.63) is 81.1 Å². The highest BCUT2D eigenvalue weighted by molar-refractivity contribution is 7.10. The van der Waals surface area contributed by atoms with Crippen LogP contribution < -0.4 is 9.64 Å². The number of aliphatic hydroxyl groups is 1. The first kappa shape index (κ1) is 20.7. The van der Waals surface area contributed by atoms with Crippen LogP contribution in [0.4, 0.5) is 5.69 Å². The van der Waals surface area contributed by atoms with Crippen LogP contribution in [0.25, 0.3) is 5.76 Å². The second-order valence-electron chi connectivity index (χ2n) is 7.31. The molecule has 2 N–H and O–H groups in total. The largest absolute Gasteiger partial charge is 0.507 e. The van der Waals surface area contributed by atoms with E-state index in [2.05, 4.69) is 0 Å². The molecule has 1 atom stereocenters. The van der Waals surface area contributed by atoms with Gasteiger partial charge in [-0.1, -0.05) is 18.2 Å². The van der Waals surface area contributed by atoms with Crippen molar-refractivity contribution in [2.45, 2.75) is 19.9 Å². The fraction of sp³-hybridized carbons (Fsp3) is 0.167. The maximum Gasteiger partial charge on any atom is 0.300 e. The highest BCUT2D eigenvalue weighted by atomic mass is 32.1. The number of amides is 1. The Morgan fingerprint density at radius 3 is 2.45 bits per heavy atom. The molecular weight excluding hydrogens is 414 g/mol. The summed E-state index contributed by atoms with van der Waals surface area (Å²) < 4.78 is 5.34. The zero-order valence-corrected chi connectivity index (χ0v) is 18.1. The third-order valence-corrected chi connectivity index (χ3v) is 6.32. The van der Waals surface area contributed by atoms with Crippen molar-refractivity contribution in [3.8, 4) is 11.5 Å². The number of anilines is 1. The highest BCUT2D eigenvalue weighted by Crippen LogP contribution is 2.46. The molecule has 0 saturated carbocycles. The van der Waals surface area contributed by atoms with Crippen molar-refractivity contribution in [2.75, 3.05) is 12.0 Å². The van der Waals surface area contributed by atoms with Crippen molar-refractivity contribution >= 4 is 34.5 Å². The van der Waals surface area contributed by atoms with E-state index >= 15 is 0 Å². The van der Waals surface area contributed by atoms with Crippen molar-refractivity contribution < 1.29 is 24.5 Å². The molecule has 3 aromatic rings. The van der Waals surface area contributed by atoms with Gasteiger partial charge in [0, 0.05) is 10.4 Å². The van der Waals surface area contributed by atoms with E-state index in [1.54, 1.807) is 50.4 Å². The van der Waals surface area contributed by atoms with Gasteiger partial charge in [0.25, 0.3) is 11.7 Å². The number of thiophene rings is 1. The van der Waals surface area contributed by atoms with Gasteiger partial charge in [0.05, 0.1) is 18.4 Å². The van der Waals surface area contributed by atoms with Gasteiger partial charge in [0.1, 0.15) is 23.3 Å². The van der Waals surface area contributed by atoms with Gasteiger partial charge in [-0.25, -0.2) is 0 Å². The van der Waals surface area contributed by atoms with Crippen LogP contribution in [0.5, 0.6) is 11.5 Å². The highest BCUT2D eigenvalue weighted by Gasteiger charge is 2.48. The lowest BCUT2D eigenvalue weighted by molar-refractivity contribution is -0.132. The number of benzene rings is 2. The van der Waals surface area contributed by atoms with E-state index in [1.165, 1.54) is 22.3 Å². The Morgan fingerprint density at radius 2 is 1.81 bits per heavy atom. The molecule has 1 saturated heterocycles. The number of carbonyl (C=O) groups is 2. The monoisotopic (exact) mass is 435 g/mol. The number of aryl methyl sites for hydroxylation is 2. The molecule has 1 amide bonds. The van der Waals surface area contributed by atoms with Gasteiger partial charge in [0.2, 0.25) is 0 Å². The fourth-order valence-corrected chi connectivity index (χ4v) is 4.70. The summed E-state index contributed by atoms with van der Waals surface area (Å²) in [6.07, 6.45) is 0. The lowest BCUT2D eigenvalue weighted by Gasteiger charge is -2.25. The van der Waals surface area contributed by atoms with Gasteiger partial charge < -0.3 is 14.9 Å². The average molecular weight is 436 g/mol. The van der Waals surface area contributed by atoms with Crippen LogP contribution in [-0.2, 0) is 9.59 Å². The van der Waals surface area contributed by atoms with Crippen LogP contribution in [0.1, 0.15) is 27.6 Å². The minimum atomic E-state index is -0.852. The summed E-state index contributed by atoms with van der Waals surface area (Å²) in [4.78, 5) is 28.1. The first-order valence-electron chi connectivity index (χ1n) is 9.63. The SMILES string of the molecule is COc1cc(C)c(/C(O)=C2/C(=O)C(=O)N(c3ccccc3O)C2c2cccs2)cc1C. The first-order valence-corrected chi connectivity index (χ1v) is 10.5. The second-order valence-corrected chi connectivity index (χ2v) is 8.29. The van der Waals surface area contributed by atoms with Crippen LogP contribution >= 0.6 is 11.3 Å². The van der Waals surface area contributed by atoms with E-state index < -0.39 is 17.7 Å². The second kappa shape index (κ2) is 7.92. The minimum absolute atomic E-state index is 0.0108. The summed E-state index contributed by atoms with van der Waals surface area (Å²) in [5.41, 5.74) is 2.15. The molecule has 31 heavy (non-hydrogen) atoms. The van der Waals surface area contributed by atoms with Crippen LogP contribution in [0.3, 0.4) is 0 Å². The number of ketones is 1. The van der Waals surface area contributed by atoms with Crippen molar-refractivity contribution in [2.24, 2.45) is 0 Å². The molecule has 158 valence electrons. The first-order chi connectivity index (χ1) is 14.8. The lowest BCUT2D eigenvalue weighted by Crippen LogP contribution is -2.29. The summed E-state index contributed by atoms with van der Waals surface area (Å²) >= 11 is 1.37. The van der Waals surface area contributed by atoms with E-state index in [0.29, 0.717) is 21.8 Å². The predicted molar refractivity (Wildman–Crippen MR) is 120 cm³/mol. The molecule has 2 heterocycles. The van der Waals surface area contributed by atoms with Gasteiger partial charge in [-0.05, 0) is 60.7 Å². The number of para-hydroxylation sites is 2. The van der Waals surface area contributed by atoms with E-state index in [4.69, 9.17) is 4.74 Å². The van der Waals surface area contributed by atoms with Crippen LogP contribution in [0.2, 0.25) is 0 Å². The van der Waals surface area contributed by atoms with Crippen molar-refractivity contribution in [1.29, 1.82) is 0 Å². The Balaban J connectivity index is 1.97. The number of carbonyl (C=O) groups excluding carboxylic acids is 2. The zero-order valence-electron chi connectivity index (χ0n) is 17.2. The molecule has 0 spiro atoms. The smallest absolute Gasteiger partial charge is 0.300 e. The Hall–Kier alpha value is -3.58. The molecule has 6 nitrogen and oxygen atoms in total. The molecule has 0 bridgehead atoms. The number of aromatic hydroxyl groups is 1. The van der Waals surface area contributed by atoms with Gasteiger partial charge in [-0.2, -0.15) is 0 Å². The molecule has 2 aromatic carbocycles. The number of hydrogen-bond acceptors (Lipinski definition) is 6. The topological polar surface area (TPSA) is 87.1 Å². The molecule has 1 fully saturated rings. The van der Waals surface area contributed by atoms with E-state index in [0.717, 1.165) is 5.56 Å². The number of ether oxygens (including phenoxy) is 1. The molecule has 1 aromatic heterocycles. The van der Waals surface area contributed by atoms with E-state index in [1.807, 2.05) is 18.4 Å². The number of hydrogen-bond donors (Lipinski definition) is 2. The molecule has 0 aliphatic carbocycles. The van der Waals surface area contributed by atoms with Crippen molar-refractivity contribution in [1.82, 2.24) is 0 Å². The summed E-state index contributed by atoms with van der Waals surface area (Å²) in [5.74, 6) is -1.31. The number of nitrogens with zero attached hydrogens (tertiary/aromatic N) is 1. The summed E-state index contributed by atoms with van der Waals surface area (Å²) in [6, 6.07) is 12.6. The number of phenols is 1. The number of phenolic OH excluding ortho intramolecular Hbond substituents is 1. The number of Topliss-reactive ketones (excluding diaryl/α,β-unsaturated/α-hetero) is 1. The Labute approximate surface area is 183 Å². The molecular formula is C24H21NO5S. The fourth-order valence-electron chi connectivity index (χ4n) is 3.87. The number of rotatable bonds is 4. The summed E-state index contributed by atoms with van der Waals surface area (Å²) in [7, 11) is 1.57. The molecule has 0 radical (unpaired) electrons. The Morgan fingerprint density at radius 1 is 1.06 bits per heavy atom. The average Bonchev–Trinajstić information content (AvgIpc) is 3.37. The van der Waals surface area contributed by atoms with Crippen molar-refractivity contribution in [3.63, 3.8) is 0 Å². The van der Waals surface area contributed by atoms with Gasteiger partial charge in [0.15, 0.2) is 0 Å². The molecule has 1 aliphatic heterocycles. The van der Waals surface area contributed by atoms with Crippen LogP contribution in [0.15, 0.2) is 59.5 Å². The zero-order chi connectivity index (χ0) is 22.3. The van der Waals surface area contributed by atoms with Gasteiger partial charge in [-0.15, -0.1) is 11.3 Å². The predicted octanol–water partition coefficient (Wildman–Crippen LogP) is 4.71. The van der Waals surface area contributed by atoms with E-state index in [-0.39, 0.29) is 22.8 Å². The third kappa shape index (κ3) is 3.37.